The lowest BCUT2D eigenvalue weighted by atomic mass is 9.77. The minimum atomic E-state index is -4.74. The number of carbonyl (C=O) groups is 2. The van der Waals surface area contributed by atoms with Crippen LogP contribution in [-0.2, 0) is 20.5 Å². The quantitative estimate of drug-likeness (QED) is 0.301. The first-order valence-electron chi connectivity index (χ1n) is 11.3. The molecular formula is C27H23ClF3N3O3S. The van der Waals surface area contributed by atoms with Gasteiger partial charge in [-0.2, -0.15) is 18.4 Å². The molecule has 0 fully saturated rings. The Labute approximate surface area is 227 Å². The third-order valence-corrected chi connectivity index (χ3v) is 7.22. The Bertz CT molecular complexity index is 1370. The summed E-state index contributed by atoms with van der Waals surface area (Å²) in [7, 11) is 0. The molecule has 0 aliphatic carbocycles. The van der Waals surface area contributed by atoms with E-state index in [2.05, 4.69) is 16.9 Å². The maximum atomic E-state index is 14.0. The fourth-order valence-electron chi connectivity index (χ4n) is 4.00. The van der Waals surface area contributed by atoms with Crippen molar-refractivity contribution in [1.29, 1.82) is 5.26 Å². The average molecular weight is 562 g/mol. The van der Waals surface area contributed by atoms with Gasteiger partial charge in [-0.3, -0.25) is 4.79 Å². The topological polar surface area (TPSA) is 91.5 Å². The number of aliphatic imine (C=N–C) groups is 1. The summed E-state index contributed by atoms with van der Waals surface area (Å²) in [6.07, 6.45) is -3.42. The second kappa shape index (κ2) is 12.3. The fraction of sp³-hybridized carbons (Fsp3) is 0.259. The number of alkyl halides is 3. The van der Waals surface area contributed by atoms with Gasteiger partial charge < -0.3 is 10.1 Å². The van der Waals surface area contributed by atoms with Crippen LogP contribution in [0.15, 0.2) is 71.4 Å². The van der Waals surface area contributed by atoms with Gasteiger partial charge in [0.1, 0.15) is 12.5 Å². The van der Waals surface area contributed by atoms with Gasteiger partial charge in [-0.25, -0.2) is 9.79 Å². The van der Waals surface area contributed by atoms with Gasteiger partial charge in [-0.1, -0.05) is 60.3 Å². The van der Waals surface area contributed by atoms with Crippen molar-refractivity contribution < 1.29 is 27.5 Å². The minimum Gasteiger partial charge on any atom is -0.458 e. The summed E-state index contributed by atoms with van der Waals surface area (Å²) in [5.41, 5.74) is -0.121. The number of hydrogen-bond donors (Lipinski definition) is 1. The number of nitrogens with zero attached hydrogens (tertiary/aromatic N) is 2. The van der Waals surface area contributed by atoms with Crippen LogP contribution in [0.2, 0.25) is 5.02 Å². The molecule has 0 radical (unpaired) electrons. The maximum absolute atomic E-state index is 14.0. The summed E-state index contributed by atoms with van der Waals surface area (Å²) in [6.45, 7) is 6.50. The monoisotopic (exact) mass is 561 g/mol. The van der Waals surface area contributed by atoms with Crippen LogP contribution < -0.4 is 5.32 Å². The van der Waals surface area contributed by atoms with E-state index in [1.165, 1.54) is 31.2 Å². The molecule has 1 aliphatic rings. The number of rotatable bonds is 7. The van der Waals surface area contributed by atoms with Crippen molar-refractivity contribution in [2.75, 3.05) is 17.7 Å². The van der Waals surface area contributed by atoms with E-state index in [0.29, 0.717) is 16.3 Å². The second-order valence-corrected chi connectivity index (χ2v) is 9.66. The van der Waals surface area contributed by atoms with Crippen LogP contribution in [0.25, 0.3) is 0 Å². The van der Waals surface area contributed by atoms with E-state index < -0.39 is 35.5 Å². The summed E-state index contributed by atoms with van der Waals surface area (Å²) in [5, 5.41) is 13.4. The summed E-state index contributed by atoms with van der Waals surface area (Å²) in [6, 6.07) is 11.8. The number of nitriles is 1. The molecule has 0 saturated heterocycles. The standard InChI is InChI=1S/C27H23ClF3N3O3S/c1-4-12-37-26(36)23-16(3)33-25(38-14-22(35)34-21-11-7-10-20(28)15(21)2)18(13-32)24(23)17-8-5-6-9-19(17)27(29,30)31/h4-11,18,24H,1,12,14H2,2-3H3,(H,34,35)/t18?,24-/m1/s1. The molecule has 6 nitrogen and oxygen atoms in total. The Morgan fingerprint density at radius 3 is 2.61 bits per heavy atom. The van der Waals surface area contributed by atoms with Crippen LogP contribution in [0, 0.1) is 24.2 Å². The van der Waals surface area contributed by atoms with Gasteiger partial charge in [0.15, 0.2) is 0 Å². The normalized spacial score (nSPS) is 17.3. The number of amides is 1. The molecule has 3 rings (SSSR count). The highest BCUT2D eigenvalue weighted by molar-refractivity contribution is 8.14. The predicted octanol–water partition coefficient (Wildman–Crippen LogP) is 6.68. The lowest BCUT2D eigenvalue weighted by Crippen LogP contribution is -2.31. The predicted molar refractivity (Wildman–Crippen MR) is 142 cm³/mol. The van der Waals surface area contributed by atoms with Gasteiger partial charge in [0.2, 0.25) is 5.91 Å². The van der Waals surface area contributed by atoms with E-state index in [9.17, 15) is 28.0 Å². The number of benzene rings is 2. The van der Waals surface area contributed by atoms with E-state index in [1.807, 2.05) is 6.07 Å². The Hall–Kier alpha value is -3.55. The van der Waals surface area contributed by atoms with Crippen molar-refractivity contribution in [3.63, 3.8) is 0 Å². The van der Waals surface area contributed by atoms with E-state index in [1.54, 1.807) is 25.1 Å². The average Bonchev–Trinajstić information content (AvgIpc) is 2.87. The summed E-state index contributed by atoms with van der Waals surface area (Å²) in [4.78, 5) is 30.0. The molecule has 1 unspecified atom stereocenters. The minimum absolute atomic E-state index is 0.0983. The van der Waals surface area contributed by atoms with E-state index in [4.69, 9.17) is 16.3 Å². The van der Waals surface area contributed by atoms with Crippen LogP contribution in [0.1, 0.15) is 29.5 Å². The zero-order valence-electron chi connectivity index (χ0n) is 20.4. The molecule has 0 bridgehead atoms. The van der Waals surface area contributed by atoms with Crippen LogP contribution in [0.4, 0.5) is 18.9 Å². The Morgan fingerprint density at radius 2 is 1.95 bits per heavy atom. The highest BCUT2D eigenvalue weighted by atomic mass is 35.5. The van der Waals surface area contributed by atoms with Gasteiger partial charge >= 0.3 is 12.1 Å². The number of anilines is 1. The van der Waals surface area contributed by atoms with Crippen LogP contribution in [-0.4, -0.2) is 29.3 Å². The van der Waals surface area contributed by atoms with Crippen LogP contribution in [0.3, 0.4) is 0 Å². The molecule has 0 saturated carbocycles. The molecule has 0 spiro atoms. The van der Waals surface area contributed by atoms with Gasteiger partial charge in [-0.05, 0) is 43.2 Å². The molecule has 38 heavy (non-hydrogen) atoms. The van der Waals surface area contributed by atoms with Crippen LogP contribution in [0.5, 0.6) is 0 Å². The number of ether oxygens (including phenoxy) is 1. The number of nitrogens with one attached hydrogen (secondary N) is 1. The largest absolute Gasteiger partial charge is 0.458 e. The highest BCUT2D eigenvalue weighted by Gasteiger charge is 2.44. The lowest BCUT2D eigenvalue weighted by Gasteiger charge is -2.31. The van der Waals surface area contributed by atoms with Crippen molar-refractivity contribution in [2.45, 2.75) is 25.9 Å². The maximum Gasteiger partial charge on any atom is 0.416 e. The Balaban J connectivity index is 2.00. The lowest BCUT2D eigenvalue weighted by molar-refractivity contribution is -0.140. The molecular weight excluding hydrogens is 539 g/mol. The molecule has 11 heteroatoms. The molecule has 1 heterocycles. The third-order valence-electron chi connectivity index (χ3n) is 5.76. The van der Waals surface area contributed by atoms with E-state index in [0.717, 1.165) is 17.8 Å². The number of hydrogen-bond acceptors (Lipinski definition) is 6. The van der Waals surface area contributed by atoms with Gasteiger partial charge in [0, 0.05) is 22.3 Å². The molecule has 2 atom stereocenters. The van der Waals surface area contributed by atoms with Crippen molar-refractivity contribution in [3.05, 3.63) is 88.1 Å². The van der Waals surface area contributed by atoms with E-state index >= 15 is 0 Å². The number of halogens is 4. The van der Waals surface area contributed by atoms with Crippen molar-refractivity contribution >= 4 is 46.0 Å². The number of allylic oxidation sites excluding steroid dienone is 1. The summed E-state index contributed by atoms with van der Waals surface area (Å²) in [5.74, 6) is -4.11. The fourth-order valence-corrected chi connectivity index (χ4v) is 5.09. The first-order chi connectivity index (χ1) is 18.0. The summed E-state index contributed by atoms with van der Waals surface area (Å²) >= 11 is 7.01. The second-order valence-electron chi connectivity index (χ2n) is 8.25. The highest BCUT2D eigenvalue weighted by Crippen LogP contribution is 2.45. The molecule has 1 N–H and O–H groups in total. The molecule has 1 amide bonds. The van der Waals surface area contributed by atoms with Gasteiger partial charge in [-0.15, -0.1) is 0 Å². The first-order valence-corrected chi connectivity index (χ1v) is 12.7. The Kier molecular flexibility index (Phi) is 9.41. The number of esters is 1. The summed E-state index contributed by atoms with van der Waals surface area (Å²) < 4.78 is 47.0. The SMILES string of the molecule is C=CCOC(=O)C1=C(C)N=C(SCC(=O)Nc2cccc(Cl)c2C)C(C#N)[C@H]1c1ccccc1C(F)(F)F. The molecule has 1 aliphatic heterocycles. The number of carbonyl (C=O) groups excluding carboxylic acids is 2. The smallest absolute Gasteiger partial charge is 0.416 e. The van der Waals surface area contributed by atoms with Gasteiger partial charge in [0.25, 0.3) is 0 Å². The van der Waals surface area contributed by atoms with Crippen molar-refractivity contribution in [1.82, 2.24) is 0 Å². The van der Waals surface area contributed by atoms with Crippen molar-refractivity contribution in [2.24, 2.45) is 10.9 Å². The molecule has 2 aromatic carbocycles. The van der Waals surface area contributed by atoms with E-state index in [-0.39, 0.29) is 34.2 Å². The van der Waals surface area contributed by atoms with Crippen molar-refractivity contribution in [3.8, 4) is 6.07 Å². The van der Waals surface area contributed by atoms with Crippen LogP contribution >= 0.6 is 23.4 Å². The Morgan fingerprint density at radius 1 is 1.24 bits per heavy atom. The van der Waals surface area contributed by atoms with Gasteiger partial charge in [0.05, 0.1) is 28.0 Å². The zero-order chi connectivity index (χ0) is 28.0. The number of thioether (sulfide) groups is 1. The third kappa shape index (κ3) is 6.47. The zero-order valence-corrected chi connectivity index (χ0v) is 22.0. The molecule has 2 aromatic rings. The first kappa shape index (κ1) is 29.0. The molecule has 0 aromatic heterocycles. The molecule has 198 valence electrons.